The molecule has 104 valence electrons. The number of aliphatic hydroxyl groups excluding tert-OH is 1. The second kappa shape index (κ2) is 6.48. The first-order chi connectivity index (χ1) is 9.69. The van der Waals surface area contributed by atoms with Gasteiger partial charge in [0.1, 0.15) is 6.26 Å². The van der Waals surface area contributed by atoms with Crippen LogP contribution < -0.4 is 5.32 Å². The summed E-state index contributed by atoms with van der Waals surface area (Å²) in [6, 6.07) is 7.71. The van der Waals surface area contributed by atoms with Gasteiger partial charge in [-0.15, -0.1) is 0 Å². The van der Waals surface area contributed by atoms with Crippen molar-refractivity contribution in [3.8, 4) is 0 Å². The van der Waals surface area contributed by atoms with Crippen LogP contribution in [-0.4, -0.2) is 28.7 Å². The van der Waals surface area contributed by atoms with Crippen molar-refractivity contribution >= 4 is 17.7 Å². The van der Waals surface area contributed by atoms with E-state index in [1.807, 2.05) is 0 Å². The molecule has 0 aliphatic carbocycles. The summed E-state index contributed by atoms with van der Waals surface area (Å²) in [6.45, 7) is -0.525. The van der Waals surface area contributed by atoms with E-state index >= 15 is 0 Å². The number of benzene rings is 1. The predicted octanol–water partition coefficient (Wildman–Crippen LogP) is 0.962. The lowest BCUT2D eigenvalue weighted by atomic mass is 10.1. The highest BCUT2D eigenvalue weighted by Gasteiger charge is 2.11. The average Bonchev–Trinajstić information content (AvgIpc) is 2.97. The van der Waals surface area contributed by atoms with E-state index in [1.165, 1.54) is 24.5 Å². The third kappa shape index (κ3) is 3.66. The molecule has 1 aromatic heterocycles. The van der Waals surface area contributed by atoms with E-state index in [2.05, 4.69) is 15.0 Å². The number of hydrogen-bond acceptors (Lipinski definition) is 6. The number of aromatic nitrogens is 1. The van der Waals surface area contributed by atoms with E-state index in [0.29, 0.717) is 11.1 Å². The molecule has 0 saturated heterocycles. The zero-order chi connectivity index (χ0) is 14.4. The molecule has 0 fully saturated rings. The Morgan fingerprint density at radius 3 is 2.60 bits per heavy atom. The van der Waals surface area contributed by atoms with Gasteiger partial charge in [0.25, 0.3) is 5.91 Å². The van der Waals surface area contributed by atoms with Crippen molar-refractivity contribution in [2.45, 2.75) is 6.61 Å². The highest BCUT2D eigenvalue weighted by atomic mass is 16.5. The lowest BCUT2D eigenvalue weighted by Crippen LogP contribution is -2.21. The Hall–Kier alpha value is -2.67. The fraction of sp³-hybridized carbons (Fsp3) is 0.154. The number of anilines is 1. The standard InChI is InChI=1S/C13H12N2O5/c16-7-9-1-3-10(4-2-9)13(18)19-8-12(17)14-11-5-6-20-15-11/h1-6,16H,7-8H2,(H,14,15,17). The molecule has 7 heteroatoms. The summed E-state index contributed by atoms with van der Waals surface area (Å²) in [4.78, 5) is 23.1. The van der Waals surface area contributed by atoms with Gasteiger partial charge in [-0.1, -0.05) is 17.3 Å². The first-order valence-electron chi connectivity index (χ1n) is 5.76. The molecule has 20 heavy (non-hydrogen) atoms. The third-order valence-electron chi connectivity index (χ3n) is 2.41. The van der Waals surface area contributed by atoms with Gasteiger partial charge in [0.2, 0.25) is 0 Å². The minimum absolute atomic E-state index is 0.102. The van der Waals surface area contributed by atoms with E-state index in [0.717, 1.165) is 0 Å². The fourth-order valence-corrected chi connectivity index (χ4v) is 1.42. The summed E-state index contributed by atoms with van der Waals surface area (Å²) in [6.07, 6.45) is 1.31. The summed E-state index contributed by atoms with van der Waals surface area (Å²) in [5.74, 6) is -0.887. The SMILES string of the molecule is O=C(COC(=O)c1ccc(CO)cc1)Nc1ccon1. The molecule has 1 aromatic carbocycles. The van der Waals surface area contributed by atoms with Crippen molar-refractivity contribution in [2.75, 3.05) is 11.9 Å². The fourth-order valence-electron chi connectivity index (χ4n) is 1.42. The number of aliphatic hydroxyl groups is 1. The van der Waals surface area contributed by atoms with Gasteiger partial charge in [0, 0.05) is 6.07 Å². The first-order valence-corrected chi connectivity index (χ1v) is 5.76. The predicted molar refractivity (Wildman–Crippen MR) is 67.8 cm³/mol. The Bertz CT molecular complexity index is 577. The first kappa shape index (κ1) is 13.8. The number of nitrogens with zero attached hydrogens (tertiary/aromatic N) is 1. The molecule has 2 rings (SSSR count). The van der Waals surface area contributed by atoms with E-state index in [-0.39, 0.29) is 12.4 Å². The number of esters is 1. The maximum Gasteiger partial charge on any atom is 0.338 e. The van der Waals surface area contributed by atoms with Crippen LogP contribution in [0, 0.1) is 0 Å². The van der Waals surface area contributed by atoms with E-state index in [9.17, 15) is 9.59 Å². The van der Waals surface area contributed by atoms with Gasteiger partial charge >= 0.3 is 5.97 Å². The molecule has 0 radical (unpaired) electrons. The Kier molecular flexibility index (Phi) is 4.46. The van der Waals surface area contributed by atoms with Crippen LogP contribution in [0.15, 0.2) is 41.1 Å². The number of nitrogens with one attached hydrogen (secondary N) is 1. The Labute approximate surface area is 114 Å². The molecular formula is C13H12N2O5. The van der Waals surface area contributed by atoms with Crippen molar-refractivity contribution < 1.29 is 24.0 Å². The van der Waals surface area contributed by atoms with Gasteiger partial charge < -0.3 is 19.7 Å². The topological polar surface area (TPSA) is 102 Å². The Balaban J connectivity index is 1.83. The number of amides is 1. The number of ether oxygens (including phenoxy) is 1. The summed E-state index contributed by atoms with van der Waals surface area (Å²) in [5, 5.41) is 14.8. The number of rotatable bonds is 5. The summed E-state index contributed by atoms with van der Waals surface area (Å²) in [5.41, 5.74) is 0.988. The molecule has 0 bridgehead atoms. The maximum atomic E-state index is 11.7. The van der Waals surface area contributed by atoms with E-state index in [1.54, 1.807) is 12.1 Å². The molecule has 2 N–H and O–H groups in total. The molecule has 1 heterocycles. The molecular weight excluding hydrogens is 264 g/mol. The molecule has 0 spiro atoms. The lowest BCUT2D eigenvalue weighted by molar-refractivity contribution is -0.119. The van der Waals surface area contributed by atoms with Crippen molar-refractivity contribution in [1.82, 2.24) is 5.16 Å². The summed E-state index contributed by atoms with van der Waals surface area (Å²) in [7, 11) is 0. The minimum atomic E-state index is -0.621. The van der Waals surface area contributed by atoms with Gasteiger partial charge in [-0.25, -0.2) is 4.79 Å². The van der Waals surface area contributed by atoms with Crippen LogP contribution in [0.25, 0.3) is 0 Å². The minimum Gasteiger partial charge on any atom is -0.452 e. The average molecular weight is 276 g/mol. The number of carbonyl (C=O) groups excluding carboxylic acids is 2. The highest BCUT2D eigenvalue weighted by molar-refractivity contribution is 5.94. The van der Waals surface area contributed by atoms with E-state index < -0.39 is 18.5 Å². The highest BCUT2D eigenvalue weighted by Crippen LogP contribution is 2.06. The van der Waals surface area contributed by atoms with Crippen molar-refractivity contribution in [1.29, 1.82) is 0 Å². The molecule has 2 aromatic rings. The van der Waals surface area contributed by atoms with Crippen LogP contribution in [0.3, 0.4) is 0 Å². The van der Waals surface area contributed by atoms with Crippen LogP contribution in [0.4, 0.5) is 5.82 Å². The third-order valence-corrected chi connectivity index (χ3v) is 2.41. The number of carbonyl (C=O) groups is 2. The largest absolute Gasteiger partial charge is 0.452 e. The van der Waals surface area contributed by atoms with Gasteiger partial charge in [0.15, 0.2) is 12.4 Å². The molecule has 7 nitrogen and oxygen atoms in total. The maximum absolute atomic E-state index is 11.7. The second-order valence-electron chi connectivity index (χ2n) is 3.86. The second-order valence-corrected chi connectivity index (χ2v) is 3.86. The molecule has 0 saturated carbocycles. The molecule has 0 unspecified atom stereocenters. The molecule has 0 atom stereocenters. The normalized spacial score (nSPS) is 10.1. The van der Waals surface area contributed by atoms with Crippen LogP contribution in [0.5, 0.6) is 0 Å². The molecule has 0 aliphatic rings. The number of hydrogen-bond donors (Lipinski definition) is 2. The lowest BCUT2D eigenvalue weighted by Gasteiger charge is -2.05. The van der Waals surface area contributed by atoms with Gasteiger partial charge in [-0.3, -0.25) is 4.79 Å². The quantitative estimate of drug-likeness (QED) is 0.789. The van der Waals surface area contributed by atoms with Gasteiger partial charge in [-0.2, -0.15) is 0 Å². The van der Waals surface area contributed by atoms with Gasteiger partial charge in [0.05, 0.1) is 12.2 Å². The van der Waals surface area contributed by atoms with Crippen molar-refractivity contribution in [3.63, 3.8) is 0 Å². The molecule has 0 aliphatic heterocycles. The van der Waals surface area contributed by atoms with Crippen LogP contribution in [0.1, 0.15) is 15.9 Å². The molecule has 1 amide bonds. The smallest absolute Gasteiger partial charge is 0.338 e. The zero-order valence-electron chi connectivity index (χ0n) is 10.4. The van der Waals surface area contributed by atoms with Gasteiger partial charge in [-0.05, 0) is 17.7 Å². The Morgan fingerprint density at radius 2 is 2.00 bits per heavy atom. The monoisotopic (exact) mass is 276 g/mol. The van der Waals surface area contributed by atoms with Crippen LogP contribution in [0.2, 0.25) is 0 Å². The Morgan fingerprint density at radius 1 is 1.25 bits per heavy atom. The van der Waals surface area contributed by atoms with Crippen molar-refractivity contribution in [3.05, 3.63) is 47.7 Å². The zero-order valence-corrected chi connectivity index (χ0v) is 10.4. The van der Waals surface area contributed by atoms with Crippen LogP contribution in [-0.2, 0) is 16.1 Å². The van der Waals surface area contributed by atoms with Crippen LogP contribution >= 0.6 is 0 Å². The van der Waals surface area contributed by atoms with Crippen molar-refractivity contribution in [2.24, 2.45) is 0 Å². The van der Waals surface area contributed by atoms with E-state index in [4.69, 9.17) is 9.84 Å². The summed E-state index contributed by atoms with van der Waals surface area (Å²) < 4.78 is 9.38. The summed E-state index contributed by atoms with van der Waals surface area (Å²) >= 11 is 0.